The molecule has 0 aromatic heterocycles. The van der Waals surface area contributed by atoms with Gasteiger partial charge in [-0.2, -0.15) is 0 Å². The second-order valence-corrected chi connectivity index (χ2v) is 4.75. The lowest BCUT2D eigenvalue weighted by molar-refractivity contribution is -0.112. The Hall–Kier alpha value is -1.32. The minimum atomic E-state index is -0.461. The van der Waals surface area contributed by atoms with Crippen molar-refractivity contribution in [1.82, 2.24) is 4.90 Å². The van der Waals surface area contributed by atoms with Crippen molar-refractivity contribution >= 4 is 11.9 Å². The molecule has 1 rings (SSSR count). The summed E-state index contributed by atoms with van der Waals surface area (Å²) in [5, 5.41) is 0. The van der Waals surface area contributed by atoms with Crippen LogP contribution in [0.25, 0.3) is 0 Å². The predicted molar refractivity (Wildman–Crippen MR) is 56.6 cm³/mol. The Kier molecular flexibility index (Phi) is 3.17. The van der Waals surface area contributed by atoms with Gasteiger partial charge in [-0.1, -0.05) is 0 Å². The molecule has 1 aliphatic heterocycles. The SMILES string of the molecule is CC(=O)C=C1CN(C(=O)OC(C)(C)C)C1. The van der Waals surface area contributed by atoms with E-state index in [1.807, 2.05) is 20.8 Å². The standard InChI is InChI=1S/C11H17NO3/c1-8(13)5-9-6-12(7-9)10(14)15-11(2,3)4/h5H,6-7H2,1-4H3. The molecule has 0 spiro atoms. The normalized spacial score (nSPS) is 15.7. The molecule has 4 nitrogen and oxygen atoms in total. The molecule has 0 aromatic carbocycles. The largest absolute Gasteiger partial charge is 0.444 e. The number of allylic oxidation sites excluding steroid dienone is 1. The fourth-order valence-corrected chi connectivity index (χ4v) is 1.28. The third-order valence-electron chi connectivity index (χ3n) is 1.85. The molecule has 0 bridgehead atoms. The summed E-state index contributed by atoms with van der Waals surface area (Å²) >= 11 is 0. The second-order valence-electron chi connectivity index (χ2n) is 4.75. The summed E-state index contributed by atoms with van der Waals surface area (Å²) in [4.78, 5) is 23.8. The molecule has 0 radical (unpaired) electrons. The van der Waals surface area contributed by atoms with Crippen molar-refractivity contribution < 1.29 is 14.3 Å². The van der Waals surface area contributed by atoms with E-state index in [0.717, 1.165) is 5.57 Å². The van der Waals surface area contributed by atoms with E-state index in [9.17, 15) is 9.59 Å². The third-order valence-corrected chi connectivity index (χ3v) is 1.85. The first kappa shape index (κ1) is 11.8. The van der Waals surface area contributed by atoms with Crippen LogP contribution in [-0.4, -0.2) is 35.5 Å². The maximum atomic E-state index is 11.5. The van der Waals surface area contributed by atoms with Crippen molar-refractivity contribution in [3.05, 3.63) is 11.6 Å². The summed E-state index contributed by atoms with van der Waals surface area (Å²) in [5.74, 6) is 0.0221. The quantitative estimate of drug-likeness (QED) is 0.621. The molecule has 84 valence electrons. The Morgan fingerprint density at radius 3 is 2.27 bits per heavy atom. The molecule has 0 saturated carbocycles. The predicted octanol–water partition coefficient (Wildman–Crippen LogP) is 1.75. The van der Waals surface area contributed by atoms with Gasteiger partial charge in [0.1, 0.15) is 5.60 Å². The number of carbonyl (C=O) groups is 2. The topological polar surface area (TPSA) is 46.6 Å². The fourth-order valence-electron chi connectivity index (χ4n) is 1.28. The van der Waals surface area contributed by atoms with Gasteiger partial charge in [-0.25, -0.2) is 4.79 Å². The van der Waals surface area contributed by atoms with Crippen molar-refractivity contribution in [1.29, 1.82) is 0 Å². The maximum Gasteiger partial charge on any atom is 0.410 e. The van der Waals surface area contributed by atoms with Gasteiger partial charge in [0.05, 0.1) is 0 Å². The van der Waals surface area contributed by atoms with E-state index in [0.29, 0.717) is 13.1 Å². The number of amides is 1. The zero-order valence-electron chi connectivity index (χ0n) is 9.66. The van der Waals surface area contributed by atoms with Gasteiger partial charge >= 0.3 is 6.09 Å². The molecular weight excluding hydrogens is 194 g/mol. The first-order chi connectivity index (χ1) is 6.78. The van der Waals surface area contributed by atoms with Crippen LogP contribution >= 0.6 is 0 Å². The second kappa shape index (κ2) is 4.04. The lowest BCUT2D eigenvalue weighted by Gasteiger charge is -2.35. The summed E-state index contributed by atoms with van der Waals surface area (Å²) in [5.41, 5.74) is 0.519. The van der Waals surface area contributed by atoms with Crippen molar-refractivity contribution in [3.63, 3.8) is 0 Å². The Bertz CT molecular complexity index is 304. The minimum Gasteiger partial charge on any atom is -0.444 e. The molecule has 1 amide bonds. The van der Waals surface area contributed by atoms with E-state index in [1.165, 1.54) is 6.92 Å². The lowest BCUT2D eigenvalue weighted by atomic mass is 10.1. The maximum absolute atomic E-state index is 11.5. The van der Waals surface area contributed by atoms with Gasteiger partial charge in [-0.05, 0) is 39.3 Å². The molecule has 0 aromatic rings. The monoisotopic (exact) mass is 211 g/mol. The van der Waals surface area contributed by atoms with E-state index >= 15 is 0 Å². The average molecular weight is 211 g/mol. The summed E-state index contributed by atoms with van der Waals surface area (Å²) < 4.78 is 5.17. The number of hydrogen-bond donors (Lipinski definition) is 0. The average Bonchev–Trinajstić information content (AvgIpc) is 1.91. The highest BCUT2D eigenvalue weighted by atomic mass is 16.6. The van der Waals surface area contributed by atoms with E-state index in [2.05, 4.69) is 0 Å². The molecule has 1 heterocycles. The van der Waals surface area contributed by atoms with Crippen LogP contribution < -0.4 is 0 Å². The van der Waals surface area contributed by atoms with E-state index in [4.69, 9.17) is 4.74 Å². The molecule has 0 unspecified atom stereocenters. The highest BCUT2D eigenvalue weighted by Gasteiger charge is 2.29. The van der Waals surface area contributed by atoms with Gasteiger partial charge in [-0.3, -0.25) is 4.79 Å². The van der Waals surface area contributed by atoms with Crippen LogP contribution in [0.1, 0.15) is 27.7 Å². The Morgan fingerprint density at radius 2 is 1.87 bits per heavy atom. The summed E-state index contributed by atoms with van der Waals surface area (Å²) in [6.07, 6.45) is 1.25. The summed E-state index contributed by atoms with van der Waals surface area (Å²) in [6.45, 7) is 8.01. The number of likely N-dealkylation sites (tertiary alicyclic amines) is 1. The Labute approximate surface area is 89.9 Å². The first-order valence-corrected chi connectivity index (χ1v) is 4.96. The zero-order chi connectivity index (χ0) is 11.6. The summed E-state index contributed by atoms with van der Waals surface area (Å²) in [6, 6.07) is 0. The van der Waals surface area contributed by atoms with Crippen molar-refractivity contribution in [2.75, 3.05) is 13.1 Å². The van der Waals surface area contributed by atoms with E-state index < -0.39 is 5.60 Å². The summed E-state index contributed by atoms with van der Waals surface area (Å²) in [7, 11) is 0. The van der Waals surface area contributed by atoms with Gasteiger partial charge in [-0.15, -0.1) is 0 Å². The van der Waals surface area contributed by atoms with Gasteiger partial charge in [0, 0.05) is 13.1 Å². The fraction of sp³-hybridized carbons (Fsp3) is 0.636. The minimum absolute atomic E-state index is 0.0221. The van der Waals surface area contributed by atoms with E-state index in [1.54, 1.807) is 11.0 Å². The van der Waals surface area contributed by atoms with Crippen molar-refractivity contribution in [3.8, 4) is 0 Å². The molecule has 0 atom stereocenters. The Balaban J connectivity index is 2.39. The number of carbonyl (C=O) groups excluding carboxylic acids is 2. The molecule has 1 fully saturated rings. The highest BCUT2D eigenvalue weighted by molar-refractivity contribution is 5.88. The van der Waals surface area contributed by atoms with Crippen LogP contribution in [0, 0.1) is 0 Å². The first-order valence-electron chi connectivity index (χ1n) is 4.96. The molecule has 1 aliphatic rings. The van der Waals surface area contributed by atoms with Gasteiger partial charge < -0.3 is 9.64 Å². The number of rotatable bonds is 1. The van der Waals surface area contributed by atoms with Gasteiger partial charge in [0.2, 0.25) is 0 Å². The number of nitrogens with zero attached hydrogens (tertiary/aromatic N) is 1. The number of hydrogen-bond acceptors (Lipinski definition) is 3. The van der Waals surface area contributed by atoms with Crippen molar-refractivity contribution in [2.45, 2.75) is 33.3 Å². The van der Waals surface area contributed by atoms with Gasteiger partial charge in [0.15, 0.2) is 5.78 Å². The smallest absolute Gasteiger partial charge is 0.410 e. The zero-order valence-corrected chi connectivity index (χ0v) is 9.66. The van der Waals surface area contributed by atoms with Crippen LogP contribution in [0.5, 0.6) is 0 Å². The van der Waals surface area contributed by atoms with Gasteiger partial charge in [0.25, 0.3) is 0 Å². The number of ketones is 1. The molecule has 0 aliphatic carbocycles. The lowest BCUT2D eigenvalue weighted by Crippen LogP contribution is -2.47. The number of ether oxygens (including phenoxy) is 1. The van der Waals surface area contributed by atoms with Crippen LogP contribution in [0.2, 0.25) is 0 Å². The molecular formula is C11H17NO3. The molecule has 0 N–H and O–H groups in total. The third kappa shape index (κ3) is 3.73. The van der Waals surface area contributed by atoms with Crippen LogP contribution in [0.3, 0.4) is 0 Å². The van der Waals surface area contributed by atoms with Crippen LogP contribution in [-0.2, 0) is 9.53 Å². The highest BCUT2D eigenvalue weighted by Crippen LogP contribution is 2.18. The van der Waals surface area contributed by atoms with Crippen LogP contribution in [0.15, 0.2) is 11.6 Å². The van der Waals surface area contributed by atoms with Crippen LogP contribution in [0.4, 0.5) is 4.79 Å². The molecule has 15 heavy (non-hydrogen) atoms. The molecule has 4 heteroatoms. The Morgan fingerprint density at radius 1 is 1.33 bits per heavy atom. The van der Waals surface area contributed by atoms with E-state index in [-0.39, 0.29) is 11.9 Å². The molecule has 1 saturated heterocycles. The van der Waals surface area contributed by atoms with Crippen molar-refractivity contribution in [2.24, 2.45) is 0 Å².